The van der Waals surface area contributed by atoms with Crippen molar-refractivity contribution in [3.8, 4) is 0 Å². The van der Waals surface area contributed by atoms with Gasteiger partial charge in [-0.3, -0.25) is 9.59 Å². The second-order valence-corrected chi connectivity index (χ2v) is 8.68. The van der Waals surface area contributed by atoms with E-state index in [0.717, 1.165) is 11.1 Å². The van der Waals surface area contributed by atoms with Gasteiger partial charge in [0.05, 0.1) is 6.42 Å². The van der Waals surface area contributed by atoms with Gasteiger partial charge in [0.15, 0.2) is 0 Å². The van der Waals surface area contributed by atoms with Crippen molar-refractivity contribution < 1.29 is 9.59 Å². The number of amides is 2. The summed E-state index contributed by atoms with van der Waals surface area (Å²) < 4.78 is 0. The molecule has 2 aromatic rings. The Morgan fingerprint density at radius 3 is 2.21 bits per heavy atom. The van der Waals surface area contributed by atoms with Gasteiger partial charge in [-0.15, -0.1) is 0 Å². The lowest BCUT2D eigenvalue weighted by Gasteiger charge is -2.31. The molecular weight excluding hydrogens is 395 g/mol. The fourth-order valence-electron chi connectivity index (χ4n) is 2.75. The van der Waals surface area contributed by atoms with Gasteiger partial charge in [-0.25, -0.2) is 0 Å². The maximum Gasteiger partial charge on any atom is 0.242 e. The van der Waals surface area contributed by atoms with E-state index in [0.29, 0.717) is 10.0 Å². The Balaban J connectivity index is 2.26. The molecular formula is C22H26Cl2N2O2. The average molecular weight is 421 g/mol. The quantitative estimate of drug-likeness (QED) is 0.724. The SMILES string of the molecule is C[C@H](C(=O)NC(C)(C)C)N(Cc1ccccc1Cl)C(=O)Cc1ccc(Cl)cc1. The third kappa shape index (κ3) is 6.54. The average Bonchev–Trinajstić information content (AvgIpc) is 2.61. The van der Waals surface area contributed by atoms with Crippen LogP contribution in [0.1, 0.15) is 38.8 Å². The Kier molecular flexibility index (Phi) is 7.50. The molecule has 0 fully saturated rings. The number of nitrogens with one attached hydrogen (secondary N) is 1. The molecule has 1 N–H and O–H groups in total. The molecule has 0 unspecified atom stereocenters. The fraction of sp³-hybridized carbons (Fsp3) is 0.364. The molecule has 0 aromatic heterocycles. The van der Waals surface area contributed by atoms with Crippen LogP contribution in [0, 0.1) is 0 Å². The van der Waals surface area contributed by atoms with Crippen LogP contribution in [0.5, 0.6) is 0 Å². The molecule has 0 aliphatic rings. The zero-order chi connectivity index (χ0) is 20.9. The van der Waals surface area contributed by atoms with Crippen molar-refractivity contribution in [1.29, 1.82) is 0 Å². The van der Waals surface area contributed by atoms with Crippen LogP contribution in [-0.2, 0) is 22.6 Å². The number of halogens is 2. The van der Waals surface area contributed by atoms with Crippen LogP contribution in [0.3, 0.4) is 0 Å². The number of rotatable bonds is 6. The predicted molar refractivity (Wildman–Crippen MR) is 115 cm³/mol. The molecule has 150 valence electrons. The van der Waals surface area contributed by atoms with Gasteiger partial charge >= 0.3 is 0 Å². The van der Waals surface area contributed by atoms with E-state index >= 15 is 0 Å². The Bertz CT molecular complexity index is 829. The molecule has 0 aliphatic heterocycles. The molecule has 2 amide bonds. The number of hydrogen-bond donors (Lipinski definition) is 1. The molecule has 2 aromatic carbocycles. The van der Waals surface area contributed by atoms with Crippen LogP contribution < -0.4 is 5.32 Å². The molecule has 1 atom stereocenters. The number of carbonyl (C=O) groups is 2. The van der Waals surface area contributed by atoms with Gasteiger partial charge in [0, 0.05) is 22.1 Å². The Labute approximate surface area is 176 Å². The van der Waals surface area contributed by atoms with Crippen molar-refractivity contribution in [2.24, 2.45) is 0 Å². The smallest absolute Gasteiger partial charge is 0.242 e. The number of benzene rings is 2. The maximum atomic E-state index is 13.1. The molecule has 0 radical (unpaired) electrons. The summed E-state index contributed by atoms with van der Waals surface area (Å²) in [7, 11) is 0. The van der Waals surface area contributed by atoms with Gasteiger partial charge in [-0.1, -0.05) is 53.5 Å². The standard InChI is InChI=1S/C22H26Cl2N2O2/c1-15(21(28)25-22(2,3)4)26(14-17-7-5-6-8-19(17)24)20(27)13-16-9-11-18(23)12-10-16/h5-12,15H,13-14H2,1-4H3,(H,25,28)/t15-/m1/s1. The number of carbonyl (C=O) groups excluding carboxylic acids is 2. The van der Waals surface area contributed by atoms with Crippen LogP contribution >= 0.6 is 23.2 Å². The molecule has 0 heterocycles. The third-order valence-corrected chi connectivity index (χ3v) is 4.85. The van der Waals surface area contributed by atoms with Gasteiger partial charge < -0.3 is 10.2 Å². The molecule has 0 saturated heterocycles. The second-order valence-electron chi connectivity index (χ2n) is 7.83. The molecule has 6 heteroatoms. The van der Waals surface area contributed by atoms with E-state index < -0.39 is 6.04 Å². The van der Waals surface area contributed by atoms with Crippen molar-refractivity contribution in [2.75, 3.05) is 0 Å². The minimum atomic E-state index is -0.643. The van der Waals surface area contributed by atoms with Crippen LogP contribution in [-0.4, -0.2) is 28.3 Å². The first-order valence-corrected chi connectivity index (χ1v) is 9.92. The monoisotopic (exact) mass is 420 g/mol. The molecule has 28 heavy (non-hydrogen) atoms. The zero-order valence-corrected chi connectivity index (χ0v) is 18.1. The largest absolute Gasteiger partial charge is 0.350 e. The minimum Gasteiger partial charge on any atom is -0.350 e. The Morgan fingerprint density at radius 1 is 1.04 bits per heavy atom. The van der Waals surface area contributed by atoms with Crippen molar-refractivity contribution in [2.45, 2.75) is 52.2 Å². The van der Waals surface area contributed by atoms with Crippen LogP contribution in [0.2, 0.25) is 10.0 Å². The normalized spacial score (nSPS) is 12.4. The highest BCUT2D eigenvalue weighted by Crippen LogP contribution is 2.20. The maximum absolute atomic E-state index is 13.1. The zero-order valence-electron chi connectivity index (χ0n) is 16.6. The van der Waals surface area contributed by atoms with Crippen molar-refractivity contribution in [3.05, 3.63) is 69.7 Å². The molecule has 0 saturated carbocycles. The summed E-state index contributed by atoms with van der Waals surface area (Å²) in [6.45, 7) is 7.71. The third-order valence-electron chi connectivity index (χ3n) is 4.23. The number of hydrogen-bond acceptors (Lipinski definition) is 2. The van der Waals surface area contributed by atoms with E-state index in [2.05, 4.69) is 5.32 Å². The molecule has 0 bridgehead atoms. The van der Waals surface area contributed by atoms with Gasteiger partial charge in [-0.05, 0) is 57.0 Å². The molecule has 0 spiro atoms. The summed E-state index contributed by atoms with van der Waals surface area (Å²) in [5.41, 5.74) is 1.24. The summed E-state index contributed by atoms with van der Waals surface area (Å²) in [5.74, 6) is -0.359. The first-order chi connectivity index (χ1) is 13.1. The van der Waals surface area contributed by atoms with Crippen molar-refractivity contribution >= 4 is 35.0 Å². The minimum absolute atomic E-state index is 0.154. The first-order valence-electron chi connectivity index (χ1n) is 9.16. The molecule has 4 nitrogen and oxygen atoms in total. The summed E-state index contributed by atoms with van der Waals surface area (Å²) in [4.78, 5) is 27.4. The van der Waals surface area contributed by atoms with Crippen molar-refractivity contribution in [1.82, 2.24) is 10.2 Å². The number of nitrogens with zero attached hydrogens (tertiary/aromatic N) is 1. The highest BCUT2D eigenvalue weighted by atomic mass is 35.5. The van der Waals surface area contributed by atoms with E-state index in [1.165, 1.54) is 0 Å². The first kappa shape index (κ1) is 22.3. The Morgan fingerprint density at radius 2 is 1.64 bits per heavy atom. The predicted octanol–water partition coefficient (Wildman–Crippen LogP) is 4.87. The summed E-state index contributed by atoms with van der Waals surface area (Å²) in [6, 6.07) is 13.8. The lowest BCUT2D eigenvalue weighted by Crippen LogP contribution is -2.52. The summed E-state index contributed by atoms with van der Waals surface area (Å²) in [5, 5.41) is 4.12. The lowest BCUT2D eigenvalue weighted by molar-refractivity contribution is -0.140. The highest BCUT2D eigenvalue weighted by molar-refractivity contribution is 6.31. The van der Waals surface area contributed by atoms with Crippen LogP contribution in [0.25, 0.3) is 0 Å². The van der Waals surface area contributed by atoms with Gasteiger partial charge in [0.1, 0.15) is 6.04 Å². The molecule has 2 rings (SSSR count). The van der Waals surface area contributed by atoms with E-state index in [-0.39, 0.29) is 30.3 Å². The highest BCUT2D eigenvalue weighted by Gasteiger charge is 2.28. The van der Waals surface area contributed by atoms with Crippen LogP contribution in [0.4, 0.5) is 0 Å². The van der Waals surface area contributed by atoms with Gasteiger partial charge in [-0.2, -0.15) is 0 Å². The van der Waals surface area contributed by atoms with Crippen molar-refractivity contribution in [3.63, 3.8) is 0 Å². The Hall–Kier alpha value is -2.04. The van der Waals surface area contributed by atoms with E-state index in [9.17, 15) is 9.59 Å². The van der Waals surface area contributed by atoms with Gasteiger partial charge in [0.25, 0.3) is 0 Å². The summed E-state index contributed by atoms with van der Waals surface area (Å²) in [6.07, 6.45) is 0.175. The lowest BCUT2D eigenvalue weighted by atomic mass is 10.1. The fourth-order valence-corrected chi connectivity index (χ4v) is 3.07. The van der Waals surface area contributed by atoms with E-state index in [1.807, 2.05) is 51.1 Å². The van der Waals surface area contributed by atoms with E-state index in [1.54, 1.807) is 30.0 Å². The second kappa shape index (κ2) is 9.44. The topological polar surface area (TPSA) is 49.4 Å². The van der Waals surface area contributed by atoms with E-state index in [4.69, 9.17) is 23.2 Å². The molecule has 0 aliphatic carbocycles. The van der Waals surface area contributed by atoms with Gasteiger partial charge in [0.2, 0.25) is 11.8 Å². The summed E-state index contributed by atoms with van der Waals surface area (Å²) >= 11 is 12.2. The van der Waals surface area contributed by atoms with Crippen LogP contribution in [0.15, 0.2) is 48.5 Å².